The van der Waals surface area contributed by atoms with Crippen molar-refractivity contribution in [3.8, 4) is 0 Å². The summed E-state index contributed by atoms with van der Waals surface area (Å²) in [5.74, 6) is -1.15. The lowest BCUT2D eigenvalue weighted by Crippen LogP contribution is -2.53. The van der Waals surface area contributed by atoms with Gasteiger partial charge < -0.3 is 15.8 Å². The summed E-state index contributed by atoms with van der Waals surface area (Å²) >= 11 is 0. The average Bonchev–Trinajstić information content (AvgIpc) is 3.26. The molecule has 3 amide bonds. The minimum atomic E-state index is -0.403. The Labute approximate surface area is 154 Å². The Bertz CT molecular complexity index is 516. The van der Waals surface area contributed by atoms with Crippen LogP contribution in [0.2, 0.25) is 0 Å². The van der Waals surface area contributed by atoms with Crippen LogP contribution in [0.5, 0.6) is 0 Å². The van der Waals surface area contributed by atoms with Crippen LogP contribution >= 0.6 is 12.4 Å². The third-order valence-corrected chi connectivity index (χ3v) is 6.09. The zero-order valence-electron chi connectivity index (χ0n) is 14.8. The summed E-state index contributed by atoms with van der Waals surface area (Å²) in [6.45, 7) is 4.49. The fraction of sp³-hybridized carbons (Fsp3) is 0.824. The molecule has 8 heteroatoms. The molecule has 0 saturated carbocycles. The fourth-order valence-corrected chi connectivity index (χ4v) is 4.33. The molecule has 2 bridgehead atoms. The van der Waals surface area contributed by atoms with E-state index in [0.29, 0.717) is 6.54 Å². The number of nitrogens with two attached hydrogens (primary N) is 1. The Balaban J connectivity index is 0.00000225. The van der Waals surface area contributed by atoms with Crippen molar-refractivity contribution in [3.05, 3.63) is 0 Å². The van der Waals surface area contributed by atoms with Crippen LogP contribution in [-0.4, -0.2) is 53.5 Å². The number of rotatable bonds is 7. The van der Waals surface area contributed by atoms with Gasteiger partial charge in [0, 0.05) is 19.5 Å². The second-order valence-electron chi connectivity index (χ2n) is 7.16. The smallest absolute Gasteiger partial charge is 0.235 e. The summed E-state index contributed by atoms with van der Waals surface area (Å²) in [6, 6.07) is 0. The van der Waals surface area contributed by atoms with Gasteiger partial charge in [-0.3, -0.25) is 19.3 Å². The van der Waals surface area contributed by atoms with Crippen LogP contribution in [-0.2, 0) is 19.1 Å². The molecule has 3 fully saturated rings. The van der Waals surface area contributed by atoms with E-state index in [0.717, 1.165) is 25.7 Å². The van der Waals surface area contributed by atoms with Crippen molar-refractivity contribution < 1.29 is 19.1 Å². The number of hydrogen-bond donors (Lipinski definition) is 2. The number of carbonyl (C=O) groups is 3. The minimum Gasteiger partial charge on any atom is -0.373 e. The average molecular weight is 374 g/mol. The predicted molar refractivity (Wildman–Crippen MR) is 94.0 cm³/mol. The molecule has 0 radical (unpaired) electrons. The first-order valence-electron chi connectivity index (χ1n) is 8.98. The maximum absolute atomic E-state index is 12.5. The number of nitrogens with zero attached hydrogens (tertiary/aromatic N) is 1. The highest BCUT2D eigenvalue weighted by molar-refractivity contribution is 6.06. The van der Waals surface area contributed by atoms with Crippen LogP contribution in [0.25, 0.3) is 0 Å². The summed E-state index contributed by atoms with van der Waals surface area (Å²) in [4.78, 5) is 38.6. The number of fused-ring (bicyclic) bond motifs is 5. The number of imide groups is 1. The van der Waals surface area contributed by atoms with Gasteiger partial charge in [-0.05, 0) is 25.7 Å². The molecule has 4 unspecified atom stereocenters. The van der Waals surface area contributed by atoms with E-state index in [9.17, 15) is 14.4 Å². The van der Waals surface area contributed by atoms with E-state index in [1.165, 1.54) is 4.90 Å². The van der Waals surface area contributed by atoms with Crippen LogP contribution in [0, 0.1) is 11.8 Å². The quantitative estimate of drug-likeness (QED) is 0.636. The van der Waals surface area contributed by atoms with Crippen molar-refractivity contribution in [2.45, 2.75) is 63.7 Å². The summed E-state index contributed by atoms with van der Waals surface area (Å²) in [5.41, 5.74) is 5.39. The Morgan fingerprint density at radius 2 is 1.72 bits per heavy atom. The molecule has 3 saturated heterocycles. The maximum Gasteiger partial charge on any atom is 0.235 e. The van der Waals surface area contributed by atoms with E-state index in [4.69, 9.17) is 10.5 Å². The van der Waals surface area contributed by atoms with Crippen LogP contribution in [0.3, 0.4) is 0 Å². The zero-order chi connectivity index (χ0) is 17.5. The van der Waals surface area contributed by atoms with Gasteiger partial charge in [0.15, 0.2) is 0 Å². The van der Waals surface area contributed by atoms with Gasteiger partial charge in [-0.15, -0.1) is 12.4 Å². The number of carbonyl (C=O) groups excluding carboxylic acids is 3. The molecule has 3 N–H and O–H groups in total. The van der Waals surface area contributed by atoms with Crippen LogP contribution < -0.4 is 11.1 Å². The van der Waals surface area contributed by atoms with E-state index in [1.54, 1.807) is 0 Å². The molecule has 7 nitrogen and oxygen atoms in total. The minimum absolute atomic E-state index is 0. The molecular weight excluding hydrogens is 346 g/mol. The molecule has 3 heterocycles. The van der Waals surface area contributed by atoms with Gasteiger partial charge in [-0.25, -0.2) is 0 Å². The largest absolute Gasteiger partial charge is 0.373 e. The lowest BCUT2D eigenvalue weighted by Gasteiger charge is -2.31. The molecule has 0 aromatic carbocycles. The SMILES string of the molecule is CCC(CC)(CN)NC(=O)CCN1C(=O)C2C3CCC(O3)C2C1=O.Cl. The molecule has 3 aliphatic rings. The molecule has 3 rings (SSSR count). The highest BCUT2D eigenvalue weighted by Crippen LogP contribution is 2.48. The van der Waals surface area contributed by atoms with E-state index in [1.807, 2.05) is 13.8 Å². The van der Waals surface area contributed by atoms with Gasteiger partial charge in [0.2, 0.25) is 17.7 Å². The fourth-order valence-electron chi connectivity index (χ4n) is 4.33. The topological polar surface area (TPSA) is 102 Å². The molecule has 0 aromatic rings. The van der Waals surface area contributed by atoms with Gasteiger partial charge in [0.05, 0.1) is 29.6 Å². The number of hydrogen-bond acceptors (Lipinski definition) is 5. The van der Waals surface area contributed by atoms with E-state index >= 15 is 0 Å². The standard InChI is InChI=1S/C17H27N3O4.ClH/c1-3-17(4-2,9-18)19-12(21)7-8-20-15(22)13-10-5-6-11(24-10)14(13)16(20)23;/h10-11,13-14H,3-9,18H2,1-2H3,(H,19,21);1H. The van der Waals surface area contributed by atoms with E-state index < -0.39 is 5.54 Å². The second-order valence-corrected chi connectivity index (χ2v) is 7.16. The zero-order valence-corrected chi connectivity index (χ0v) is 15.6. The Morgan fingerprint density at radius 1 is 1.20 bits per heavy atom. The van der Waals surface area contributed by atoms with Crippen molar-refractivity contribution in [2.24, 2.45) is 17.6 Å². The number of ether oxygens (including phenoxy) is 1. The Hall–Kier alpha value is -1.18. The highest BCUT2D eigenvalue weighted by atomic mass is 35.5. The monoisotopic (exact) mass is 373 g/mol. The number of likely N-dealkylation sites (tertiary alicyclic amines) is 1. The second kappa shape index (κ2) is 7.60. The van der Waals surface area contributed by atoms with Crippen LogP contribution in [0.1, 0.15) is 46.0 Å². The number of amides is 3. The van der Waals surface area contributed by atoms with Crippen molar-refractivity contribution in [2.75, 3.05) is 13.1 Å². The van der Waals surface area contributed by atoms with Gasteiger partial charge in [0.25, 0.3) is 0 Å². The summed E-state index contributed by atoms with van der Waals surface area (Å²) in [5, 5.41) is 2.98. The highest BCUT2D eigenvalue weighted by Gasteiger charge is 2.62. The van der Waals surface area contributed by atoms with Crippen LogP contribution in [0.4, 0.5) is 0 Å². The Morgan fingerprint density at radius 3 is 2.16 bits per heavy atom. The predicted octanol–water partition coefficient (Wildman–Crippen LogP) is 0.594. The van der Waals surface area contributed by atoms with Gasteiger partial charge in [0.1, 0.15) is 0 Å². The first kappa shape index (κ1) is 20.1. The summed E-state index contributed by atoms with van der Waals surface area (Å²) in [7, 11) is 0. The normalized spacial score (nSPS) is 30.4. The molecule has 0 aromatic heterocycles. The van der Waals surface area contributed by atoms with Gasteiger partial charge >= 0.3 is 0 Å². The molecule has 142 valence electrons. The van der Waals surface area contributed by atoms with E-state index in [-0.39, 0.29) is 67.1 Å². The maximum atomic E-state index is 12.5. The number of nitrogens with one attached hydrogen (secondary N) is 1. The number of halogens is 1. The first-order chi connectivity index (χ1) is 11.5. The van der Waals surface area contributed by atoms with Crippen molar-refractivity contribution >= 4 is 30.1 Å². The van der Waals surface area contributed by atoms with Gasteiger partial charge in [-0.2, -0.15) is 0 Å². The van der Waals surface area contributed by atoms with Crippen molar-refractivity contribution in [3.63, 3.8) is 0 Å². The lowest BCUT2D eigenvalue weighted by atomic mass is 9.81. The van der Waals surface area contributed by atoms with E-state index in [2.05, 4.69) is 5.32 Å². The third-order valence-electron chi connectivity index (χ3n) is 6.09. The first-order valence-corrected chi connectivity index (χ1v) is 8.98. The molecule has 3 aliphatic heterocycles. The molecule has 0 aliphatic carbocycles. The molecule has 4 atom stereocenters. The Kier molecular flexibility index (Phi) is 6.12. The molecule has 25 heavy (non-hydrogen) atoms. The third kappa shape index (κ3) is 3.29. The molecule has 0 spiro atoms. The van der Waals surface area contributed by atoms with Crippen LogP contribution in [0.15, 0.2) is 0 Å². The molecular formula is C17H28ClN3O4. The van der Waals surface area contributed by atoms with Gasteiger partial charge in [-0.1, -0.05) is 13.8 Å². The van der Waals surface area contributed by atoms with Crippen molar-refractivity contribution in [1.29, 1.82) is 0 Å². The van der Waals surface area contributed by atoms with Crippen molar-refractivity contribution in [1.82, 2.24) is 10.2 Å². The summed E-state index contributed by atoms with van der Waals surface area (Å²) in [6.07, 6.45) is 3.10. The summed E-state index contributed by atoms with van der Waals surface area (Å²) < 4.78 is 5.70. The lowest BCUT2D eigenvalue weighted by molar-refractivity contribution is -0.142.